The van der Waals surface area contributed by atoms with Crippen molar-refractivity contribution in [2.75, 3.05) is 53.0 Å². The zero-order valence-electron chi connectivity index (χ0n) is 43.8. The highest BCUT2D eigenvalue weighted by Gasteiger charge is 2.65. The molecule has 6 atom stereocenters. The second-order valence-corrected chi connectivity index (χ2v) is 19.5. The van der Waals surface area contributed by atoms with Crippen LogP contribution in [0, 0.1) is 27.9 Å². The van der Waals surface area contributed by atoms with E-state index in [0.717, 1.165) is 49.7 Å². The first-order chi connectivity index (χ1) is 36.0. The van der Waals surface area contributed by atoms with Gasteiger partial charge in [0.05, 0.1) is 49.7 Å². The number of nitro benzene ring substituents is 1. The molecule has 3 aromatic carbocycles. The number of carbonyl (C=O) groups is 2. The minimum Gasteiger partial charge on any atom is -0.497 e. The number of likely N-dealkylation sites (N-methyl/N-ethyl adjacent to an activating group) is 1. The number of ether oxygens (including phenoxy) is 6. The molecule has 0 saturated heterocycles. The van der Waals surface area contributed by atoms with Crippen molar-refractivity contribution in [3.05, 3.63) is 106 Å². The summed E-state index contributed by atoms with van der Waals surface area (Å²) in [5.74, 6) is -1.05. The summed E-state index contributed by atoms with van der Waals surface area (Å²) in [7, 11) is 4.72. The number of non-ortho nitro benzene ring substituents is 1. The van der Waals surface area contributed by atoms with E-state index in [1.54, 1.807) is 60.5 Å². The number of amides is 2. The number of methoxy groups -OCH3 is 2. The fraction of sp³-hybridized carbons (Fsp3) is 0.561. The standard InChI is InChI=1S/C57H78N4O13/c1-6-8-9-10-11-12-13-14-15-20-34-70-56(65)60(3)52-38-49(59-72-39-40-23-25-42(26-24-40)61(66)67)46-35-41(21-16-18-31-62)45(22-17-19-32-63)53-47-36-44(28-30-50(47)74-57(52,54(46)53)71-33-7-2)73-55(64)58-48-29-27-43(68-4)37-51(48)69-5/h7,23-30,35-37,41,45,52-54,62-63H,2,6,8-22,31-34,38-39H2,1,3-5H3,(H,58,64). The van der Waals surface area contributed by atoms with Gasteiger partial charge in [0.25, 0.3) is 5.69 Å². The molecule has 0 aromatic heterocycles. The Morgan fingerprint density at radius 3 is 2.24 bits per heavy atom. The Morgan fingerprint density at radius 1 is 0.892 bits per heavy atom. The summed E-state index contributed by atoms with van der Waals surface area (Å²) in [4.78, 5) is 46.7. The number of anilines is 1. The van der Waals surface area contributed by atoms with Gasteiger partial charge in [-0.2, -0.15) is 0 Å². The highest BCUT2D eigenvalue weighted by molar-refractivity contribution is 6.03. The molecule has 2 amide bonds. The normalized spacial score (nSPS) is 21.0. The Balaban J connectivity index is 1.40. The Kier molecular flexibility index (Phi) is 22.4. The van der Waals surface area contributed by atoms with Crippen molar-refractivity contribution < 1.29 is 58.0 Å². The van der Waals surface area contributed by atoms with Crippen LogP contribution in [-0.4, -0.2) is 97.5 Å². The number of nitrogens with zero attached hydrogens (tertiary/aromatic N) is 3. The van der Waals surface area contributed by atoms with E-state index in [-0.39, 0.29) is 62.7 Å². The molecule has 3 N–H and O–H groups in total. The molecule has 1 aliphatic heterocycles. The molecular formula is C57H78N4O13. The van der Waals surface area contributed by atoms with Crippen LogP contribution in [0.3, 0.4) is 0 Å². The van der Waals surface area contributed by atoms with Crippen molar-refractivity contribution in [3.8, 4) is 23.0 Å². The van der Waals surface area contributed by atoms with Crippen LogP contribution in [0.25, 0.3) is 0 Å². The molecule has 1 saturated carbocycles. The quantitative estimate of drug-likeness (QED) is 0.0237. The fourth-order valence-corrected chi connectivity index (χ4v) is 10.8. The number of aliphatic hydroxyl groups is 2. The first-order valence-corrected chi connectivity index (χ1v) is 26.6. The molecule has 17 heteroatoms. The third-order valence-corrected chi connectivity index (χ3v) is 14.5. The predicted molar refractivity (Wildman–Crippen MR) is 283 cm³/mol. The molecule has 3 aromatic rings. The number of carbonyl (C=O) groups excluding carboxylic acids is 2. The van der Waals surface area contributed by atoms with Gasteiger partial charge in [-0.05, 0) is 97.5 Å². The Hall–Kier alpha value is -6.17. The van der Waals surface area contributed by atoms with E-state index < -0.39 is 40.8 Å². The summed E-state index contributed by atoms with van der Waals surface area (Å²) in [6.45, 7) is 6.62. The number of fused-ring (bicyclic) bond motifs is 2. The van der Waals surface area contributed by atoms with Gasteiger partial charge in [-0.1, -0.05) is 94.9 Å². The van der Waals surface area contributed by atoms with Gasteiger partial charge in [0.15, 0.2) is 0 Å². The second-order valence-electron chi connectivity index (χ2n) is 19.5. The van der Waals surface area contributed by atoms with Gasteiger partial charge in [0.1, 0.15) is 35.6 Å². The molecule has 3 aliphatic rings. The van der Waals surface area contributed by atoms with Crippen molar-refractivity contribution in [3.63, 3.8) is 0 Å². The molecule has 404 valence electrons. The Morgan fingerprint density at radius 2 is 1.58 bits per heavy atom. The highest BCUT2D eigenvalue weighted by atomic mass is 16.7. The summed E-state index contributed by atoms with van der Waals surface area (Å²) < 4.78 is 37.1. The number of nitrogens with one attached hydrogen (secondary N) is 1. The summed E-state index contributed by atoms with van der Waals surface area (Å²) in [5.41, 5.74) is 3.12. The number of aliphatic hydroxyl groups excluding tert-OH is 2. The molecule has 1 fully saturated rings. The van der Waals surface area contributed by atoms with Gasteiger partial charge in [-0.15, -0.1) is 6.58 Å². The van der Waals surface area contributed by atoms with Gasteiger partial charge in [-0.25, -0.2) is 9.59 Å². The number of allylic oxidation sites excluding steroid dienone is 1. The lowest BCUT2D eigenvalue weighted by Crippen LogP contribution is -2.69. The van der Waals surface area contributed by atoms with Gasteiger partial charge in [0.2, 0.25) is 5.79 Å². The number of hydrogen-bond donors (Lipinski definition) is 3. The number of unbranched alkanes of at least 4 members (excludes halogenated alkanes) is 11. The van der Waals surface area contributed by atoms with Crippen LogP contribution in [0.5, 0.6) is 23.0 Å². The van der Waals surface area contributed by atoms with E-state index in [1.807, 2.05) is 6.07 Å². The van der Waals surface area contributed by atoms with Crippen LogP contribution in [0.4, 0.5) is 21.0 Å². The lowest BCUT2D eigenvalue weighted by Gasteiger charge is -2.59. The predicted octanol–water partition coefficient (Wildman–Crippen LogP) is 12.0. The molecule has 0 spiro atoms. The summed E-state index contributed by atoms with van der Waals surface area (Å²) in [5, 5.41) is 39.0. The van der Waals surface area contributed by atoms with E-state index in [1.165, 1.54) is 64.9 Å². The number of hydrogen-bond acceptors (Lipinski definition) is 14. The van der Waals surface area contributed by atoms with E-state index in [0.29, 0.717) is 59.9 Å². The lowest BCUT2D eigenvalue weighted by molar-refractivity contribution is -0.384. The van der Waals surface area contributed by atoms with Gasteiger partial charge >= 0.3 is 12.2 Å². The van der Waals surface area contributed by atoms with Gasteiger partial charge in [0, 0.05) is 56.4 Å². The van der Waals surface area contributed by atoms with Crippen LogP contribution in [0.1, 0.15) is 133 Å². The molecule has 6 unspecified atom stereocenters. The zero-order valence-corrected chi connectivity index (χ0v) is 43.8. The molecule has 17 nitrogen and oxygen atoms in total. The highest BCUT2D eigenvalue weighted by Crippen LogP contribution is 2.62. The average Bonchev–Trinajstić information content (AvgIpc) is 3.40. The molecule has 6 rings (SSSR count). The maximum atomic E-state index is 14.4. The van der Waals surface area contributed by atoms with Crippen LogP contribution in [0.15, 0.2) is 90.1 Å². The summed E-state index contributed by atoms with van der Waals surface area (Å²) >= 11 is 0. The van der Waals surface area contributed by atoms with Gasteiger partial charge < -0.3 is 48.4 Å². The van der Waals surface area contributed by atoms with E-state index in [2.05, 4.69) is 24.9 Å². The third kappa shape index (κ3) is 14.8. The molecule has 0 radical (unpaired) electrons. The van der Waals surface area contributed by atoms with Crippen molar-refractivity contribution in [1.29, 1.82) is 0 Å². The Labute approximate surface area is 436 Å². The van der Waals surface area contributed by atoms with Crippen molar-refractivity contribution in [1.82, 2.24) is 4.90 Å². The van der Waals surface area contributed by atoms with Crippen LogP contribution < -0.4 is 24.3 Å². The second kappa shape index (κ2) is 29.1. The number of nitro groups is 1. The molecule has 1 heterocycles. The molecule has 74 heavy (non-hydrogen) atoms. The Bertz CT molecular complexity index is 2360. The van der Waals surface area contributed by atoms with E-state index >= 15 is 0 Å². The lowest BCUT2D eigenvalue weighted by atomic mass is 9.55. The topological polar surface area (TPSA) is 210 Å². The largest absolute Gasteiger partial charge is 0.497 e. The van der Waals surface area contributed by atoms with Crippen LogP contribution in [0.2, 0.25) is 0 Å². The van der Waals surface area contributed by atoms with Crippen LogP contribution >= 0.6 is 0 Å². The number of benzene rings is 3. The van der Waals surface area contributed by atoms with Gasteiger partial charge in [-0.3, -0.25) is 15.4 Å². The summed E-state index contributed by atoms with van der Waals surface area (Å²) in [6, 6.07) is 15.5. The monoisotopic (exact) mass is 1030 g/mol. The van der Waals surface area contributed by atoms with Crippen molar-refractivity contribution in [2.24, 2.45) is 22.9 Å². The SMILES string of the molecule is C=CCOC12Oc3ccc(OC(=O)Nc4ccc(OC)cc4OC)cc3C3C(CCCCO)C(CCCCO)C=C(C(=NOCc4ccc([N+](=O)[O-])cc4)CC1N(C)C(=O)OCCCCCCCCCCCC)C32. The maximum Gasteiger partial charge on any atom is 0.417 e. The first-order valence-electron chi connectivity index (χ1n) is 26.6. The third-order valence-electron chi connectivity index (χ3n) is 14.5. The summed E-state index contributed by atoms with van der Waals surface area (Å²) in [6.07, 6.45) is 18.2. The smallest absolute Gasteiger partial charge is 0.417 e. The van der Waals surface area contributed by atoms with Crippen LogP contribution in [-0.2, 0) is 20.9 Å². The zero-order chi connectivity index (χ0) is 52.9. The molecule has 0 bridgehead atoms. The molecular weight excluding hydrogens is 949 g/mol. The average molecular weight is 1030 g/mol. The first kappa shape index (κ1) is 57.1. The minimum absolute atomic E-state index is 0.0105. The minimum atomic E-state index is -1.53. The van der Waals surface area contributed by atoms with Crippen molar-refractivity contribution in [2.45, 2.75) is 140 Å². The van der Waals surface area contributed by atoms with Crippen molar-refractivity contribution >= 4 is 29.3 Å². The van der Waals surface area contributed by atoms with E-state index in [4.69, 9.17) is 38.4 Å². The number of rotatable bonds is 31. The van der Waals surface area contributed by atoms with E-state index in [9.17, 15) is 29.9 Å². The number of oxime groups is 1. The molecule has 2 aliphatic carbocycles. The fourth-order valence-electron chi connectivity index (χ4n) is 10.8. The maximum absolute atomic E-state index is 14.4.